The normalized spacial score (nSPS) is 15.5. The number of methoxy groups -OCH3 is 2. The van der Waals surface area contributed by atoms with Gasteiger partial charge in [0.15, 0.2) is 5.75 Å². The van der Waals surface area contributed by atoms with E-state index in [0.29, 0.717) is 28.0 Å². The van der Waals surface area contributed by atoms with Crippen LogP contribution in [-0.4, -0.2) is 14.2 Å². The lowest BCUT2D eigenvalue weighted by atomic mass is 9.83. The summed E-state index contributed by atoms with van der Waals surface area (Å²) in [7, 11) is 3.04. The van der Waals surface area contributed by atoms with E-state index >= 15 is 0 Å². The van der Waals surface area contributed by atoms with Gasteiger partial charge in [-0.15, -0.1) is 0 Å². The Morgan fingerprint density at radius 3 is 2.64 bits per heavy atom. The first-order valence-corrected chi connectivity index (χ1v) is 8.44. The molecule has 0 saturated heterocycles. The third-order valence-electron chi connectivity index (χ3n) is 4.72. The molecule has 0 aliphatic carbocycles. The van der Waals surface area contributed by atoms with Gasteiger partial charge in [0.2, 0.25) is 5.88 Å². The molecule has 0 radical (unpaired) electrons. The highest BCUT2D eigenvalue weighted by molar-refractivity contribution is 5.86. The van der Waals surface area contributed by atoms with Gasteiger partial charge in [-0.1, -0.05) is 12.1 Å². The average Bonchev–Trinajstić information content (AvgIpc) is 2.72. The van der Waals surface area contributed by atoms with Gasteiger partial charge < -0.3 is 24.4 Å². The van der Waals surface area contributed by atoms with Crippen molar-refractivity contribution in [1.82, 2.24) is 0 Å². The van der Waals surface area contributed by atoms with Crippen LogP contribution in [0.5, 0.6) is 17.2 Å². The number of para-hydroxylation sites is 1. The molecule has 7 heteroatoms. The highest BCUT2D eigenvalue weighted by Gasteiger charge is 2.37. The smallest absolute Gasteiger partial charge is 0.344 e. The van der Waals surface area contributed by atoms with E-state index in [0.717, 1.165) is 0 Å². The van der Waals surface area contributed by atoms with Crippen molar-refractivity contribution in [2.75, 3.05) is 14.2 Å². The van der Waals surface area contributed by atoms with Crippen molar-refractivity contribution in [2.45, 2.75) is 5.92 Å². The predicted molar refractivity (Wildman–Crippen MR) is 101 cm³/mol. The molecule has 2 N–H and O–H groups in total. The summed E-state index contributed by atoms with van der Waals surface area (Å²) in [6.45, 7) is 0. The highest BCUT2D eigenvalue weighted by atomic mass is 16.5. The summed E-state index contributed by atoms with van der Waals surface area (Å²) < 4.78 is 22.0. The lowest BCUT2D eigenvalue weighted by Gasteiger charge is -2.27. The van der Waals surface area contributed by atoms with Crippen molar-refractivity contribution in [2.24, 2.45) is 5.73 Å². The Bertz CT molecular complexity index is 1220. The van der Waals surface area contributed by atoms with Crippen molar-refractivity contribution in [3.8, 4) is 23.3 Å². The van der Waals surface area contributed by atoms with Crippen LogP contribution in [0, 0.1) is 11.3 Å². The fraction of sp³-hybridized carbons (Fsp3) is 0.143. The number of allylic oxidation sites excluding steroid dienone is 1. The number of nitriles is 1. The van der Waals surface area contributed by atoms with Gasteiger partial charge in [-0.25, -0.2) is 4.79 Å². The molecule has 2 heterocycles. The highest BCUT2D eigenvalue weighted by Crippen LogP contribution is 2.46. The second-order valence-electron chi connectivity index (χ2n) is 6.16. The molecule has 0 fully saturated rings. The molecule has 0 amide bonds. The fourth-order valence-electron chi connectivity index (χ4n) is 3.44. The first-order valence-electron chi connectivity index (χ1n) is 8.44. The van der Waals surface area contributed by atoms with Gasteiger partial charge >= 0.3 is 5.63 Å². The Balaban J connectivity index is 2.10. The maximum Gasteiger partial charge on any atom is 0.344 e. The van der Waals surface area contributed by atoms with E-state index in [1.165, 1.54) is 14.2 Å². The van der Waals surface area contributed by atoms with Crippen LogP contribution in [0.2, 0.25) is 0 Å². The molecule has 2 aromatic carbocycles. The SMILES string of the molecule is COc1ccc(OC)c(C2C(C#N)=C(N)Oc3c2c(=O)oc2ccccc32)c1. The molecule has 1 aliphatic rings. The van der Waals surface area contributed by atoms with Crippen molar-refractivity contribution < 1.29 is 18.6 Å². The molecular formula is C21H16N2O5. The minimum Gasteiger partial charge on any atom is -0.497 e. The lowest BCUT2D eigenvalue weighted by Crippen LogP contribution is -2.26. The summed E-state index contributed by atoms with van der Waals surface area (Å²) in [5.41, 5.74) is 6.67. The summed E-state index contributed by atoms with van der Waals surface area (Å²) in [5, 5.41) is 10.3. The van der Waals surface area contributed by atoms with Crippen LogP contribution in [0.15, 0.2) is 63.1 Å². The Morgan fingerprint density at radius 2 is 1.93 bits per heavy atom. The van der Waals surface area contributed by atoms with Crippen molar-refractivity contribution >= 4 is 11.0 Å². The largest absolute Gasteiger partial charge is 0.497 e. The standard InChI is InChI=1S/C21H16N2O5/c1-25-11-7-8-15(26-2)13(9-11)17-14(10-22)20(23)28-19-12-5-3-4-6-16(12)27-21(24)18(17)19/h3-9,17H,23H2,1-2H3. The first kappa shape index (κ1) is 17.5. The number of fused-ring (bicyclic) bond motifs is 3. The zero-order valence-corrected chi connectivity index (χ0v) is 15.2. The van der Waals surface area contributed by atoms with Crippen LogP contribution < -0.4 is 25.6 Å². The second-order valence-corrected chi connectivity index (χ2v) is 6.16. The fourth-order valence-corrected chi connectivity index (χ4v) is 3.44. The number of ether oxygens (including phenoxy) is 3. The molecule has 3 aromatic rings. The van der Waals surface area contributed by atoms with Crippen LogP contribution in [0.25, 0.3) is 11.0 Å². The third kappa shape index (κ3) is 2.55. The van der Waals surface area contributed by atoms with Crippen LogP contribution >= 0.6 is 0 Å². The van der Waals surface area contributed by atoms with Gasteiger partial charge in [0.05, 0.1) is 31.1 Å². The van der Waals surface area contributed by atoms with Gasteiger partial charge in [-0.2, -0.15) is 5.26 Å². The molecule has 1 aromatic heterocycles. The number of rotatable bonds is 3. The van der Waals surface area contributed by atoms with Crippen molar-refractivity contribution in [3.05, 3.63) is 75.5 Å². The summed E-state index contributed by atoms with van der Waals surface area (Å²) >= 11 is 0. The zero-order valence-electron chi connectivity index (χ0n) is 15.2. The summed E-state index contributed by atoms with van der Waals surface area (Å²) in [5.74, 6) is 0.412. The Kier molecular flexibility index (Phi) is 4.17. The van der Waals surface area contributed by atoms with E-state index in [-0.39, 0.29) is 22.8 Å². The van der Waals surface area contributed by atoms with E-state index in [1.807, 2.05) is 0 Å². The number of benzene rings is 2. The van der Waals surface area contributed by atoms with Gasteiger partial charge in [-0.05, 0) is 30.3 Å². The van der Waals surface area contributed by atoms with Crippen molar-refractivity contribution in [3.63, 3.8) is 0 Å². The molecule has 1 unspecified atom stereocenters. The Morgan fingerprint density at radius 1 is 1.14 bits per heavy atom. The summed E-state index contributed by atoms with van der Waals surface area (Å²) in [6, 6.07) is 14.2. The summed E-state index contributed by atoms with van der Waals surface area (Å²) in [6.07, 6.45) is 0. The minimum absolute atomic E-state index is 0.0689. The van der Waals surface area contributed by atoms with Crippen molar-refractivity contribution in [1.29, 1.82) is 5.26 Å². The molecule has 0 spiro atoms. The van der Waals surface area contributed by atoms with E-state index in [4.69, 9.17) is 24.4 Å². The molecule has 140 valence electrons. The molecule has 4 rings (SSSR count). The molecule has 0 saturated carbocycles. The molecular weight excluding hydrogens is 360 g/mol. The maximum absolute atomic E-state index is 12.9. The summed E-state index contributed by atoms with van der Waals surface area (Å²) in [4.78, 5) is 12.9. The van der Waals surface area contributed by atoms with E-state index in [9.17, 15) is 10.1 Å². The molecule has 1 atom stereocenters. The maximum atomic E-state index is 12.9. The van der Waals surface area contributed by atoms with E-state index in [2.05, 4.69) is 6.07 Å². The second kappa shape index (κ2) is 6.67. The molecule has 28 heavy (non-hydrogen) atoms. The molecule has 7 nitrogen and oxygen atoms in total. The van der Waals surface area contributed by atoms with E-state index < -0.39 is 11.5 Å². The van der Waals surface area contributed by atoms with Crippen LogP contribution in [0.3, 0.4) is 0 Å². The predicted octanol–water partition coefficient (Wildman–Crippen LogP) is 3.03. The minimum atomic E-state index is -0.820. The number of hydrogen-bond donors (Lipinski definition) is 1. The zero-order chi connectivity index (χ0) is 19.8. The van der Waals surface area contributed by atoms with Crippen LogP contribution in [0.4, 0.5) is 0 Å². The van der Waals surface area contributed by atoms with Crippen LogP contribution in [0.1, 0.15) is 17.0 Å². The van der Waals surface area contributed by atoms with Gasteiger partial charge in [0.1, 0.15) is 28.7 Å². The third-order valence-corrected chi connectivity index (χ3v) is 4.72. The molecule has 1 aliphatic heterocycles. The van der Waals surface area contributed by atoms with Gasteiger partial charge in [0, 0.05) is 5.56 Å². The van der Waals surface area contributed by atoms with Gasteiger partial charge in [0.25, 0.3) is 0 Å². The van der Waals surface area contributed by atoms with Gasteiger partial charge in [-0.3, -0.25) is 0 Å². The monoisotopic (exact) mass is 376 g/mol. The quantitative estimate of drug-likeness (QED) is 0.700. The number of nitrogens with zero attached hydrogens (tertiary/aromatic N) is 1. The first-order chi connectivity index (χ1) is 13.6. The molecule has 0 bridgehead atoms. The number of nitrogens with two attached hydrogens (primary N) is 1. The lowest BCUT2D eigenvalue weighted by molar-refractivity contribution is 0.379. The van der Waals surface area contributed by atoms with E-state index in [1.54, 1.807) is 42.5 Å². The topological polar surface area (TPSA) is 108 Å². The average molecular weight is 376 g/mol. The Hall–Kier alpha value is -3.92. The van der Waals surface area contributed by atoms with Crippen LogP contribution in [-0.2, 0) is 0 Å². The Labute approximate surface area is 160 Å². The number of hydrogen-bond acceptors (Lipinski definition) is 7.